The lowest BCUT2D eigenvalue weighted by Crippen LogP contribution is -2.59. The summed E-state index contributed by atoms with van der Waals surface area (Å²) >= 11 is 0. The number of carbonyl (C=O) groups is 1. The van der Waals surface area contributed by atoms with E-state index in [9.17, 15) is 4.79 Å². The summed E-state index contributed by atoms with van der Waals surface area (Å²) in [6.07, 6.45) is 2.34. The van der Waals surface area contributed by atoms with E-state index < -0.39 is 0 Å². The van der Waals surface area contributed by atoms with Gasteiger partial charge in [0.1, 0.15) is 6.61 Å². The molecule has 0 unspecified atom stereocenters. The molecule has 1 aromatic carbocycles. The number of nitrogens with one attached hydrogen (secondary N) is 1. The second-order valence-electron chi connectivity index (χ2n) is 5.45. The van der Waals surface area contributed by atoms with Crippen molar-refractivity contribution in [2.45, 2.75) is 25.5 Å². The van der Waals surface area contributed by atoms with Gasteiger partial charge in [-0.15, -0.1) is 0 Å². The lowest BCUT2D eigenvalue weighted by Gasteiger charge is -2.37. The van der Waals surface area contributed by atoms with Crippen LogP contribution in [-0.4, -0.2) is 36.7 Å². The van der Waals surface area contributed by atoms with Crippen LogP contribution in [0, 0.1) is 5.92 Å². The fourth-order valence-electron chi connectivity index (χ4n) is 2.25. The molecule has 3 rings (SSSR count). The Morgan fingerprint density at radius 1 is 1.26 bits per heavy atom. The van der Waals surface area contributed by atoms with Crippen LogP contribution in [0.3, 0.4) is 0 Å². The quantitative estimate of drug-likeness (QED) is 0.880. The van der Waals surface area contributed by atoms with E-state index in [1.165, 1.54) is 12.8 Å². The second-order valence-corrected chi connectivity index (χ2v) is 5.45. The summed E-state index contributed by atoms with van der Waals surface area (Å²) in [5, 5.41) is 3.21. The Morgan fingerprint density at radius 3 is 2.58 bits per heavy atom. The molecule has 0 radical (unpaired) electrons. The molecule has 4 nitrogen and oxygen atoms in total. The van der Waals surface area contributed by atoms with Crippen LogP contribution in [0.2, 0.25) is 0 Å². The van der Waals surface area contributed by atoms with E-state index in [-0.39, 0.29) is 6.09 Å². The number of ether oxygens (including phenoxy) is 1. The molecule has 0 atom stereocenters. The van der Waals surface area contributed by atoms with Crippen molar-refractivity contribution in [1.82, 2.24) is 10.2 Å². The zero-order chi connectivity index (χ0) is 13.1. The lowest BCUT2D eigenvalue weighted by molar-refractivity contribution is 0.0663. The van der Waals surface area contributed by atoms with E-state index in [4.69, 9.17) is 4.74 Å². The van der Waals surface area contributed by atoms with Gasteiger partial charge in [0.15, 0.2) is 0 Å². The molecule has 1 heterocycles. The Morgan fingerprint density at radius 2 is 2.00 bits per heavy atom. The Balaban J connectivity index is 1.53. The molecule has 1 aromatic rings. The number of nitrogens with zero attached hydrogens (tertiary/aromatic N) is 1. The molecule has 0 bridgehead atoms. The Hall–Kier alpha value is -1.55. The van der Waals surface area contributed by atoms with Gasteiger partial charge in [-0.05, 0) is 24.3 Å². The molecule has 1 N–H and O–H groups in total. The minimum atomic E-state index is -0.165. The number of carbonyl (C=O) groups excluding carboxylic acids is 1. The van der Waals surface area contributed by atoms with Gasteiger partial charge in [0.05, 0.1) is 6.04 Å². The van der Waals surface area contributed by atoms with Crippen LogP contribution < -0.4 is 5.32 Å². The molecule has 1 amide bonds. The second kappa shape index (κ2) is 5.61. The maximum Gasteiger partial charge on any atom is 0.410 e. The summed E-state index contributed by atoms with van der Waals surface area (Å²) in [6.45, 7) is 3.02. The van der Waals surface area contributed by atoms with E-state index in [0.29, 0.717) is 18.6 Å². The maximum atomic E-state index is 12.2. The Bertz CT molecular complexity index is 427. The van der Waals surface area contributed by atoms with Crippen molar-refractivity contribution in [2.75, 3.05) is 19.6 Å². The van der Waals surface area contributed by atoms with E-state index in [2.05, 4.69) is 5.32 Å². The highest BCUT2D eigenvalue weighted by atomic mass is 16.6. The molecule has 19 heavy (non-hydrogen) atoms. The van der Waals surface area contributed by atoms with Crippen molar-refractivity contribution in [3.8, 4) is 0 Å². The van der Waals surface area contributed by atoms with Gasteiger partial charge < -0.3 is 15.0 Å². The first-order valence-corrected chi connectivity index (χ1v) is 7.01. The van der Waals surface area contributed by atoms with Crippen LogP contribution in [0.1, 0.15) is 18.4 Å². The highest BCUT2D eigenvalue weighted by Gasteiger charge is 2.34. The summed E-state index contributed by atoms with van der Waals surface area (Å²) in [7, 11) is 0. The average Bonchev–Trinajstić information content (AvgIpc) is 3.18. The smallest absolute Gasteiger partial charge is 0.410 e. The minimum absolute atomic E-state index is 0.165. The Labute approximate surface area is 113 Å². The topological polar surface area (TPSA) is 41.6 Å². The van der Waals surface area contributed by atoms with Gasteiger partial charge in [0.25, 0.3) is 0 Å². The van der Waals surface area contributed by atoms with E-state index in [1.807, 2.05) is 35.2 Å². The van der Waals surface area contributed by atoms with Gasteiger partial charge in [-0.2, -0.15) is 0 Å². The van der Waals surface area contributed by atoms with Gasteiger partial charge in [0.2, 0.25) is 0 Å². The first-order valence-electron chi connectivity index (χ1n) is 7.01. The van der Waals surface area contributed by atoms with Gasteiger partial charge in [-0.25, -0.2) is 4.79 Å². The van der Waals surface area contributed by atoms with Crippen molar-refractivity contribution in [1.29, 1.82) is 0 Å². The van der Waals surface area contributed by atoms with Crippen molar-refractivity contribution >= 4 is 6.09 Å². The molecular formula is C15H20N2O2. The van der Waals surface area contributed by atoms with Crippen LogP contribution in [0.15, 0.2) is 30.3 Å². The fraction of sp³-hybridized carbons (Fsp3) is 0.533. The van der Waals surface area contributed by atoms with Crippen LogP contribution in [0.4, 0.5) is 4.79 Å². The molecule has 102 valence electrons. The maximum absolute atomic E-state index is 12.2. The average molecular weight is 260 g/mol. The Kier molecular flexibility index (Phi) is 3.69. The third kappa shape index (κ3) is 3.26. The van der Waals surface area contributed by atoms with E-state index >= 15 is 0 Å². The third-order valence-electron chi connectivity index (χ3n) is 3.79. The molecule has 4 heteroatoms. The zero-order valence-corrected chi connectivity index (χ0v) is 11.0. The number of amides is 1. The molecular weight excluding hydrogens is 240 g/mol. The number of hydrogen-bond donors (Lipinski definition) is 1. The normalized spacial score (nSPS) is 18.7. The fourth-order valence-corrected chi connectivity index (χ4v) is 2.25. The predicted molar refractivity (Wildman–Crippen MR) is 72.7 cm³/mol. The highest BCUT2D eigenvalue weighted by Crippen LogP contribution is 2.31. The molecule has 2 fully saturated rings. The summed E-state index contributed by atoms with van der Waals surface area (Å²) in [6, 6.07) is 10.2. The molecule has 1 saturated carbocycles. The van der Waals surface area contributed by atoms with Gasteiger partial charge >= 0.3 is 6.09 Å². The van der Waals surface area contributed by atoms with Gasteiger partial charge in [0, 0.05) is 19.6 Å². The van der Waals surface area contributed by atoms with Crippen molar-refractivity contribution in [3.63, 3.8) is 0 Å². The number of hydrogen-bond acceptors (Lipinski definition) is 3. The summed E-state index contributed by atoms with van der Waals surface area (Å²) in [5.74, 6) is 0.699. The van der Waals surface area contributed by atoms with Crippen LogP contribution in [0.25, 0.3) is 0 Å². The highest BCUT2D eigenvalue weighted by molar-refractivity contribution is 5.68. The van der Waals surface area contributed by atoms with Crippen molar-refractivity contribution in [3.05, 3.63) is 35.9 Å². The predicted octanol–water partition coefficient (Wildman–Crippen LogP) is 2.01. The van der Waals surface area contributed by atoms with Gasteiger partial charge in [-0.3, -0.25) is 0 Å². The molecule has 0 spiro atoms. The van der Waals surface area contributed by atoms with Crippen molar-refractivity contribution < 1.29 is 9.53 Å². The lowest BCUT2D eigenvalue weighted by atomic mass is 10.1. The van der Waals surface area contributed by atoms with E-state index in [0.717, 1.165) is 25.2 Å². The summed E-state index contributed by atoms with van der Waals surface area (Å²) in [5.41, 5.74) is 1.04. The van der Waals surface area contributed by atoms with Gasteiger partial charge in [-0.1, -0.05) is 30.3 Å². The monoisotopic (exact) mass is 260 g/mol. The van der Waals surface area contributed by atoms with Crippen LogP contribution in [-0.2, 0) is 11.3 Å². The number of rotatable bonds is 5. The molecule has 2 aliphatic rings. The summed E-state index contributed by atoms with van der Waals surface area (Å²) in [4.78, 5) is 14.1. The first kappa shape index (κ1) is 12.5. The van der Waals surface area contributed by atoms with Crippen LogP contribution in [0.5, 0.6) is 0 Å². The molecule has 1 aliphatic carbocycles. The first-order chi connectivity index (χ1) is 9.33. The molecule has 0 aromatic heterocycles. The third-order valence-corrected chi connectivity index (χ3v) is 3.79. The molecule has 1 aliphatic heterocycles. The standard InChI is InChI=1S/C15H20N2O2/c18-15(19-11-13-4-2-1-3-5-13)17(10-12-6-7-12)14-8-16-9-14/h1-5,12,14,16H,6-11H2. The SMILES string of the molecule is O=C(OCc1ccccc1)N(CC1CC1)C1CNC1. The number of benzene rings is 1. The zero-order valence-electron chi connectivity index (χ0n) is 11.0. The largest absolute Gasteiger partial charge is 0.445 e. The van der Waals surface area contributed by atoms with E-state index in [1.54, 1.807) is 0 Å². The van der Waals surface area contributed by atoms with Crippen molar-refractivity contribution in [2.24, 2.45) is 5.92 Å². The summed E-state index contributed by atoms with van der Waals surface area (Å²) < 4.78 is 5.43. The molecule has 1 saturated heterocycles. The van der Waals surface area contributed by atoms with Crippen LogP contribution >= 0.6 is 0 Å². The minimum Gasteiger partial charge on any atom is -0.445 e.